The van der Waals surface area contributed by atoms with Gasteiger partial charge in [0.1, 0.15) is 9.84 Å². The molecule has 2 aliphatic rings. The topological polar surface area (TPSA) is 66.4 Å². The van der Waals surface area contributed by atoms with Gasteiger partial charge in [0.05, 0.1) is 17.2 Å². The Morgan fingerprint density at radius 1 is 1.09 bits per heavy atom. The highest BCUT2D eigenvalue weighted by Gasteiger charge is 2.26. The number of anilines is 1. The van der Waals surface area contributed by atoms with Crippen molar-refractivity contribution in [2.45, 2.75) is 19.8 Å². The molecule has 7 heteroatoms. The molecular formula is C15H24N4O2S. The van der Waals surface area contributed by atoms with Crippen LogP contribution in [0.15, 0.2) is 12.1 Å². The molecule has 0 radical (unpaired) electrons. The van der Waals surface area contributed by atoms with Crippen molar-refractivity contribution in [2.75, 3.05) is 49.1 Å². The van der Waals surface area contributed by atoms with Gasteiger partial charge in [-0.05, 0) is 37.8 Å². The largest absolute Gasteiger partial charge is 0.353 e. The fourth-order valence-corrected chi connectivity index (χ4v) is 4.80. The van der Waals surface area contributed by atoms with Gasteiger partial charge >= 0.3 is 0 Å². The van der Waals surface area contributed by atoms with Gasteiger partial charge in [-0.25, -0.2) is 8.42 Å². The van der Waals surface area contributed by atoms with E-state index in [0.717, 1.165) is 57.1 Å². The third-order valence-corrected chi connectivity index (χ3v) is 6.39. The summed E-state index contributed by atoms with van der Waals surface area (Å²) in [5.74, 6) is 2.23. The molecule has 0 N–H and O–H groups in total. The molecule has 1 aromatic heterocycles. The number of nitrogens with zero attached hydrogens (tertiary/aromatic N) is 4. The minimum absolute atomic E-state index is 0.372. The first-order valence-electron chi connectivity index (χ1n) is 8.00. The van der Waals surface area contributed by atoms with E-state index in [9.17, 15) is 8.42 Å². The van der Waals surface area contributed by atoms with E-state index in [1.165, 1.54) is 0 Å². The van der Waals surface area contributed by atoms with E-state index in [0.29, 0.717) is 17.4 Å². The lowest BCUT2D eigenvalue weighted by Gasteiger charge is -2.37. The number of piperazine rings is 1. The lowest BCUT2D eigenvalue weighted by molar-refractivity contribution is 0.210. The smallest absolute Gasteiger partial charge is 0.151 e. The fourth-order valence-electron chi connectivity index (χ4n) is 3.21. The molecule has 0 unspecified atom stereocenters. The van der Waals surface area contributed by atoms with Gasteiger partial charge in [-0.15, -0.1) is 5.10 Å². The molecule has 2 saturated heterocycles. The number of sulfone groups is 1. The van der Waals surface area contributed by atoms with Crippen molar-refractivity contribution < 1.29 is 8.42 Å². The van der Waals surface area contributed by atoms with Crippen LogP contribution >= 0.6 is 0 Å². The van der Waals surface area contributed by atoms with Crippen LogP contribution in [-0.2, 0) is 9.84 Å². The molecule has 0 aliphatic carbocycles. The van der Waals surface area contributed by atoms with Crippen molar-refractivity contribution in [3.8, 4) is 0 Å². The van der Waals surface area contributed by atoms with E-state index in [4.69, 9.17) is 0 Å². The molecule has 6 nitrogen and oxygen atoms in total. The average molecular weight is 324 g/mol. The van der Waals surface area contributed by atoms with E-state index in [-0.39, 0.29) is 0 Å². The Morgan fingerprint density at radius 3 is 2.36 bits per heavy atom. The van der Waals surface area contributed by atoms with Crippen LogP contribution in [0.25, 0.3) is 0 Å². The van der Waals surface area contributed by atoms with Gasteiger partial charge in [-0.3, -0.25) is 4.90 Å². The Hall–Kier alpha value is -1.21. The third-order valence-electron chi connectivity index (χ3n) is 4.67. The first kappa shape index (κ1) is 15.7. The first-order chi connectivity index (χ1) is 10.5. The molecule has 1 aromatic rings. The molecule has 0 spiro atoms. The van der Waals surface area contributed by atoms with Gasteiger partial charge in [0.15, 0.2) is 5.82 Å². The summed E-state index contributed by atoms with van der Waals surface area (Å²) in [6, 6.07) is 4.03. The zero-order valence-electron chi connectivity index (χ0n) is 13.1. The van der Waals surface area contributed by atoms with Crippen LogP contribution in [0.5, 0.6) is 0 Å². The normalized spacial score (nSPS) is 23.6. The molecular weight excluding hydrogens is 300 g/mol. The van der Waals surface area contributed by atoms with E-state index >= 15 is 0 Å². The number of hydrogen-bond acceptors (Lipinski definition) is 6. The predicted octanol–water partition coefficient (Wildman–Crippen LogP) is 0.732. The van der Waals surface area contributed by atoms with Crippen LogP contribution in [0.1, 0.15) is 18.5 Å². The van der Waals surface area contributed by atoms with Crippen LogP contribution in [0.3, 0.4) is 0 Å². The lowest BCUT2D eigenvalue weighted by atomic mass is 10.0. The summed E-state index contributed by atoms with van der Waals surface area (Å²) in [5, 5.41) is 8.37. The summed E-state index contributed by atoms with van der Waals surface area (Å²) < 4.78 is 23.0. The Balaban J connectivity index is 1.47. The molecule has 122 valence electrons. The summed E-state index contributed by atoms with van der Waals surface area (Å²) in [7, 11) is -2.75. The molecule has 2 fully saturated rings. The second kappa shape index (κ2) is 6.50. The monoisotopic (exact) mass is 324 g/mol. The highest BCUT2D eigenvalue weighted by atomic mass is 32.2. The van der Waals surface area contributed by atoms with E-state index in [1.54, 1.807) is 0 Å². The zero-order valence-corrected chi connectivity index (χ0v) is 13.9. The Kier molecular flexibility index (Phi) is 4.63. The van der Waals surface area contributed by atoms with Gasteiger partial charge < -0.3 is 4.90 Å². The second-order valence-electron chi connectivity index (χ2n) is 6.42. The molecule has 3 rings (SSSR count). The van der Waals surface area contributed by atoms with E-state index < -0.39 is 9.84 Å². The minimum Gasteiger partial charge on any atom is -0.353 e. The molecule has 0 amide bonds. The quantitative estimate of drug-likeness (QED) is 0.817. The summed E-state index contributed by atoms with van der Waals surface area (Å²) in [4.78, 5) is 4.73. The SMILES string of the molecule is Cc1ccc(N2CCN(CC3CCS(=O)(=O)CC3)CC2)nn1. The van der Waals surface area contributed by atoms with Crippen LogP contribution in [0.2, 0.25) is 0 Å². The van der Waals surface area contributed by atoms with E-state index in [1.807, 2.05) is 19.1 Å². The maximum absolute atomic E-state index is 11.5. The van der Waals surface area contributed by atoms with Gasteiger partial charge in [0, 0.05) is 32.7 Å². The Morgan fingerprint density at radius 2 is 1.77 bits per heavy atom. The molecule has 22 heavy (non-hydrogen) atoms. The van der Waals surface area contributed by atoms with Crippen molar-refractivity contribution in [2.24, 2.45) is 5.92 Å². The minimum atomic E-state index is -2.75. The zero-order chi connectivity index (χ0) is 15.6. The van der Waals surface area contributed by atoms with Crippen molar-refractivity contribution >= 4 is 15.7 Å². The standard InChI is InChI=1S/C15H24N4O2S/c1-13-2-3-15(17-16-13)19-8-6-18(7-9-19)12-14-4-10-22(20,21)11-5-14/h2-3,14H,4-12H2,1H3. The van der Waals surface area contributed by atoms with Gasteiger partial charge in [0.2, 0.25) is 0 Å². The average Bonchev–Trinajstić information content (AvgIpc) is 2.51. The van der Waals surface area contributed by atoms with Gasteiger partial charge in [-0.2, -0.15) is 5.10 Å². The van der Waals surface area contributed by atoms with Crippen LogP contribution in [-0.4, -0.2) is 67.7 Å². The Labute approximate surface area is 132 Å². The molecule has 0 atom stereocenters. The van der Waals surface area contributed by atoms with Crippen molar-refractivity contribution in [1.82, 2.24) is 15.1 Å². The first-order valence-corrected chi connectivity index (χ1v) is 9.82. The predicted molar refractivity (Wildman–Crippen MR) is 86.8 cm³/mol. The van der Waals surface area contributed by atoms with Gasteiger partial charge in [0.25, 0.3) is 0 Å². The second-order valence-corrected chi connectivity index (χ2v) is 8.72. The van der Waals surface area contributed by atoms with Crippen LogP contribution in [0, 0.1) is 12.8 Å². The number of aryl methyl sites for hydroxylation is 1. The fraction of sp³-hybridized carbons (Fsp3) is 0.733. The Bertz CT molecular complexity index is 580. The van der Waals surface area contributed by atoms with Crippen molar-refractivity contribution in [1.29, 1.82) is 0 Å². The van der Waals surface area contributed by atoms with E-state index in [2.05, 4.69) is 20.0 Å². The highest BCUT2D eigenvalue weighted by Crippen LogP contribution is 2.21. The van der Waals surface area contributed by atoms with Crippen molar-refractivity contribution in [3.63, 3.8) is 0 Å². The number of aromatic nitrogens is 2. The van der Waals surface area contributed by atoms with Crippen molar-refractivity contribution in [3.05, 3.63) is 17.8 Å². The third kappa shape index (κ3) is 3.95. The molecule has 2 aliphatic heterocycles. The van der Waals surface area contributed by atoms with Crippen LogP contribution in [0.4, 0.5) is 5.82 Å². The maximum Gasteiger partial charge on any atom is 0.151 e. The van der Waals surface area contributed by atoms with Gasteiger partial charge in [-0.1, -0.05) is 0 Å². The maximum atomic E-state index is 11.5. The molecule has 3 heterocycles. The molecule has 0 saturated carbocycles. The molecule has 0 bridgehead atoms. The molecule has 0 aromatic carbocycles. The lowest BCUT2D eigenvalue weighted by Crippen LogP contribution is -2.48. The van der Waals surface area contributed by atoms with Crippen LogP contribution < -0.4 is 4.90 Å². The number of rotatable bonds is 3. The number of hydrogen-bond donors (Lipinski definition) is 0. The summed E-state index contributed by atoms with van der Waals surface area (Å²) >= 11 is 0. The summed E-state index contributed by atoms with van der Waals surface area (Å²) in [5.41, 5.74) is 0.939. The highest BCUT2D eigenvalue weighted by molar-refractivity contribution is 7.91. The summed E-state index contributed by atoms with van der Waals surface area (Å²) in [6.07, 6.45) is 1.65. The summed E-state index contributed by atoms with van der Waals surface area (Å²) in [6.45, 7) is 6.92.